The molecule has 0 aliphatic carbocycles. The molecule has 3 N–H and O–H groups in total. The summed E-state index contributed by atoms with van der Waals surface area (Å²) < 4.78 is 0. The lowest BCUT2D eigenvalue weighted by atomic mass is 10.2. The van der Waals surface area contributed by atoms with Crippen molar-refractivity contribution in [2.24, 2.45) is 0 Å². The third-order valence-corrected chi connectivity index (χ3v) is 1.79. The smallest absolute Gasteiger partial charge is 0.326 e. The number of nitrogens with zero attached hydrogens (tertiary/aromatic N) is 1. The molecule has 2 amide bonds. The largest absolute Gasteiger partial charge is 0.480 e. The van der Waals surface area contributed by atoms with Gasteiger partial charge in [-0.05, 0) is 6.42 Å². The number of likely N-dealkylation sites (N-methyl/N-ethyl adjacent to an activating group) is 1. The minimum atomic E-state index is -1.06. The number of carboxylic acid groups (broad SMARTS) is 1. The van der Waals surface area contributed by atoms with Gasteiger partial charge in [-0.1, -0.05) is 6.92 Å². The third-order valence-electron chi connectivity index (χ3n) is 1.79. The highest BCUT2D eigenvalue weighted by Crippen LogP contribution is 1.93. The van der Waals surface area contributed by atoms with Gasteiger partial charge in [0.1, 0.15) is 6.04 Å². The number of rotatable bonds is 5. The number of nitrogens with one attached hydrogen (secondary N) is 1. The van der Waals surface area contributed by atoms with Crippen LogP contribution in [0.3, 0.4) is 0 Å². The molecule has 0 aromatic rings. The van der Waals surface area contributed by atoms with Gasteiger partial charge in [-0.15, -0.1) is 0 Å². The topological polar surface area (TPSA) is 89.9 Å². The molecule has 6 heteroatoms. The van der Waals surface area contributed by atoms with E-state index in [9.17, 15) is 9.59 Å². The molecule has 0 aromatic carbocycles. The van der Waals surface area contributed by atoms with Crippen molar-refractivity contribution >= 4 is 12.0 Å². The van der Waals surface area contributed by atoms with Crippen molar-refractivity contribution in [2.45, 2.75) is 19.4 Å². The molecule has 0 bridgehead atoms. The van der Waals surface area contributed by atoms with Gasteiger partial charge in [0, 0.05) is 13.6 Å². The summed E-state index contributed by atoms with van der Waals surface area (Å²) in [5, 5.41) is 19.5. The molecule has 14 heavy (non-hydrogen) atoms. The molecule has 0 aromatic heterocycles. The van der Waals surface area contributed by atoms with Crippen LogP contribution in [0.4, 0.5) is 4.79 Å². The van der Waals surface area contributed by atoms with E-state index in [1.54, 1.807) is 6.92 Å². The van der Waals surface area contributed by atoms with E-state index >= 15 is 0 Å². The average molecular weight is 204 g/mol. The molecule has 1 atom stereocenters. The van der Waals surface area contributed by atoms with E-state index in [2.05, 4.69) is 5.32 Å². The fraction of sp³-hybridized carbons (Fsp3) is 0.750. The van der Waals surface area contributed by atoms with Crippen LogP contribution in [-0.4, -0.2) is 53.4 Å². The number of carboxylic acids is 1. The van der Waals surface area contributed by atoms with Crippen LogP contribution in [0.1, 0.15) is 13.3 Å². The summed E-state index contributed by atoms with van der Waals surface area (Å²) in [6, 6.07) is -1.36. The van der Waals surface area contributed by atoms with Gasteiger partial charge in [-0.3, -0.25) is 0 Å². The van der Waals surface area contributed by atoms with Gasteiger partial charge in [-0.25, -0.2) is 9.59 Å². The summed E-state index contributed by atoms with van der Waals surface area (Å²) in [4.78, 5) is 23.0. The molecule has 0 aliphatic rings. The van der Waals surface area contributed by atoms with Gasteiger partial charge < -0.3 is 20.4 Å². The summed E-state index contributed by atoms with van der Waals surface area (Å²) in [7, 11) is 1.49. The molecule has 0 saturated heterocycles. The summed E-state index contributed by atoms with van der Waals surface area (Å²) in [6.45, 7) is 1.71. The standard InChI is InChI=1S/C8H16N2O4/c1-3-6(7(12)13)9-8(14)10(2)4-5-11/h6,11H,3-5H2,1-2H3,(H,9,14)(H,12,13)/t6-/m0/s1. The van der Waals surface area contributed by atoms with Crippen molar-refractivity contribution in [1.29, 1.82) is 0 Å². The van der Waals surface area contributed by atoms with Crippen molar-refractivity contribution in [2.75, 3.05) is 20.2 Å². The van der Waals surface area contributed by atoms with Gasteiger partial charge in [-0.2, -0.15) is 0 Å². The first-order valence-electron chi connectivity index (χ1n) is 4.38. The maximum absolute atomic E-state index is 11.2. The molecule has 0 spiro atoms. The number of carbonyl (C=O) groups excluding carboxylic acids is 1. The zero-order valence-electron chi connectivity index (χ0n) is 8.36. The predicted molar refractivity (Wildman–Crippen MR) is 50.0 cm³/mol. The van der Waals surface area contributed by atoms with Gasteiger partial charge >= 0.3 is 12.0 Å². The van der Waals surface area contributed by atoms with E-state index in [1.165, 1.54) is 11.9 Å². The SMILES string of the molecule is CC[C@H](NC(=O)N(C)CCO)C(=O)O. The second-order valence-electron chi connectivity index (χ2n) is 2.89. The van der Waals surface area contributed by atoms with Crippen molar-refractivity contribution in [3.63, 3.8) is 0 Å². The number of carbonyl (C=O) groups is 2. The van der Waals surface area contributed by atoms with E-state index in [0.717, 1.165) is 0 Å². The Labute approximate surface area is 82.5 Å². The first-order chi connectivity index (χ1) is 6.52. The summed E-state index contributed by atoms with van der Waals surface area (Å²) in [5.41, 5.74) is 0. The Morgan fingerprint density at radius 2 is 2.07 bits per heavy atom. The monoisotopic (exact) mass is 204 g/mol. The Bertz CT molecular complexity index is 208. The molecule has 0 rings (SSSR count). The summed E-state index contributed by atoms with van der Waals surface area (Å²) in [5.74, 6) is -1.06. The maximum atomic E-state index is 11.2. The predicted octanol–water partition coefficient (Wildman–Crippen LogP) is -0.517. The maximum Gasteiger partial charge on any atom is 0.326 e. The second-order valence-corrected chi connectivity index (χ2v) is 2.89. The highest BCUT2D eigenvalue weighted by atomic mass is 16.4. The number of aliphatic carboxylic acids is 1. The van der Waals surface area contributed by atoms with Crippen molar-refractivity contribution < 1.29 is 19.8 Å². The lowest BCUT2D eigenvalue weighted by molar-refractivity contribution is -0.139. The van der Waals surface area contributed by atoms with Gasteiger partial charge in [0.05, 0.1) is 6.61 Å². The average Bonchev–Trinajstić information content (AvgIpc) is 2.13. The van der Waals surface area contributed by atoms with Crippen LogP contribution in [0, 0.1) is 0 Å². The Morgan fingerprint density at radius 3 is 2.43 bits per heavy atom. The lowest BCUT2D eigenvalue weighted by Crippen LogP contribution is -2.47. The first-order valence-corrected chi connectivity index (χ1v) is 4.38. The van der Waals surface area contributed by atoms with Crippen LogP contribution < -0.4 is 5.32 Å². The summed E-state index contributed by atoms with van der Waals surface area (Å²) >= 11 is 0. The van der Waals surface area contributed by atoms with Crippen molar-refractivity contribution in [3.8, 4) is 0 Å². The second kappa shape index (κ2) is 6.20. The van der Waals surface area contributed by atoms with Gasteiger partial charge in [0.15, 0.2) is 0 Å². The van der Waals surface area contributed by atoms with Crippen LogP contribution in [0.15, 0.2) is 0 Å². The van der Waals surface area contributed by atoms with Gasteiger partial charge in [0.2, 0.25) is 0 Å². The van der Waals surface area contributed by atoms with E-state index in [0.29, 0.717) is 6.42 Å². The number of hydrogen-bond acceptors (Lipinski definition) is 3. The van der Waals surface area contributed by atoms with Crippen molar-refractivity contribution in [3.05, 3.63) is 0 Å². The quantitative estimate of drug-likeness (QED) is 0.562. The van der Waals surface area contributed by atoms with E-state index < -0.39 is 18.0 Å². The van der Waals surface area contributed by atoms with E-state index in [1.807, 2.05) is 0 Å². The fourth-order valence-corrected chi connectivity index (χ4v) is 0.849. The number of amides is 2. The first kappa shape index (κ1) is 12.7. The zero-order valence-corrected chi connectivity index (χ0v) is 8.36. The van der Waals surface area contributed by atoms with Crippen LogP contribution in [0.5, 0.6) is 0 Å². The molecule has 0 unspecified atom stereocenters. The highest BCUT2D eigenvalue weighted by Gasteiger charge is 2.19. The summed E-state index contributed by atoms with van der Waals surface area (Å²) in [6.07, 6.45) is 0.327. The normalized spacial score (nSPS) is 11.9. The lowest BCUT2D eigenvalue weighted by Gasteiger charge is -2.19. The number of aliphatic hydroxyl groups excluding tert-OH is 1. The van der Waals surface area contributed by atoms with Crippen LogP contribution >= 0.6 is 0 Å². The minimum absolute atomic E-state index is 0.145. The molecule has 0 heterocycles. The molecule has 0 fully saturated rings. The Hall–Kier alpha value is -1.30. The molecule has 0 radical (unpaired) electrons. The number of aliphatic hydroxyl groups is 1. The number of urea groups is 1. The molecule has 6 nitrogen and oxygen atoms in total. The Morgan fingerprint density at radius 1 is 1.50 bits per heavy atom. The number of hydrogen-bond donors (Lipinski definition) is 3. The van der Waals surface area contributed by atoms with Crippen molar-refractivity contribution in [1.82, 2.24) is 10.2 Å². The van der Waals surface area contributed by atoms with E-state index in [-0.39, 0.29) is 13.2 Å². The Kier molecular flexibility index (Phi) is 5.62. The van der Waals surface area contributed by atoms with E-state index in [4.69, 9.17) is 10.2 Å². The van der Waals surface area contributed by atoms with Gasteiger partial charge in [0.25, 0.3) is 0 Å². The molecule has 0 saturated carbocycles. The third kappa shape index (κ3) is 4.08. The Balaban J connectivity index is 4.08. The minimum Gasteiger partial charge on any atom is -0.480 e. The fourth-order valence-electron chi connectivity index (χ4n) is 0.849. The van der Waals surface area contributed by atoms with Crippen LogP contribution in [0.2, 0.25) is 0 Å². The molecular weight excluding hydrogens is 188 g/mol. The molecule has 0 aliphatic heterocycles. The van der Waals surface area contributed by atoms with Crippen LogP contribution in [0.25, 0.3) is 0 Å². The molecule has 82 valence electrons. The highest BCUT2D eigenvalue weighted by molar-refractivity contribution is 5.82. The van der Waals surface area contributed by atoms with Crippen LogP contribution in [-0.2, 0) is 4.79 Å². The zero-order chi connectivity index (χ0) is 11.1. The molecular formula is C8H16N2O4.